The van der Waals surface area contributed by atoms with Gasteiger partial charge < -0.3 is 14.6 Å². The van der Waals surface area contributed by atoms with Crippen LogP contribution in [0, 0.1) is 0 Å². The van der Waals surface area contributed by atoms with Crippen molar-refractivity contribution < 1.29 is 22.7 Å². The topological polar surface area (TPSA) is 60.3 Å². The van der Waals surface area contributed by atoms with Crippen LogP contribution in [0.3, 0.4) is 0 Å². The highest BCUT2D eigenvalue weighted by molar-refractivity contribution is 5.90. The van der Waals surface area contributed by atoms with Crippen molar-refractivity contribution in [1.82, 2.24) is 4.57 Å². The molecule has 0 atom stereocenters. The second-order valence-electron chi connectivity index (χ2n) is 4.29. The van der Waals surface area contributed by atoms with E-state index in [1.54, 1.807) is 6.07 Å². The third-order valence-corrected chi connectivity index (χ3v) is 2.56. The van der Waals surface area contributed by atoms with Gasteiger partial charge in [-0.3, -0.25) is 9.59 Å². The number of benzene rings is 1. The van der Waals surface area contributed by atoms with Crippen molar-refractivity contribution in [3.63, 3.8) is 0 Å². The number of rotatable bonds is 4. The summed E-state index contributed by atoms with van der Waals surface area (Å²) in [6, 6.07) is 9.30. The first-order chi connectivity index (χ1) is 10.3. The third kappa shape index (κ3) is 4.65. The molecular weight excluding hydrogens is 301 g/mol. The minimum atomic E-state index is -4.81. The van der Waals surface area contributed by atoms with Crippen LogP contribution >= 0.6 is 0 Å². The Bertz CT molecular complexity index is 726. The summed E-state index contributed by atoms with van der Waals surface area (Å²) in [5.41, 5.74) is -0.220. The minimum absolute atomic E-state index is 0.135. The SMILES string of the molecule is O=C(Cn1ccccc1=O)Nc1cccc(OC(F)(F)F)c1. The molecule has 1 N–H and O–H groups in total. The number of nitrogens with zero attached hydrogens (tertiary/aromatic N) is 1. The molecule has 1 heterocycles. The Morgan fingerprint density at radius 2 is 1.95 bits per heavy atom. The van der Waals surface area contributed by atoms with E-state index in [1.165, 1.54) is 35.0 Å². The Hall–Kier alpha value is -2.77. The van der Waals surface area contributed by atoms with Gasteiger partial charge in [0.05, 0.1) is 0 Å². The van der Waals surface area contributed by atoms with Gasteiger partial charge in [0.15, 0.2) is 0 Å². The summed E-state index contributed by atoms with van der Waals surface area (Å²) in [6.45, 7) is -0.246. The molecule has 8 heteroatoms. The van der Waals surface area contributed by atoms with E-state index >= 15 is 0 Å². The van der Waals surface area contributed by atoms with E-state index in [0.717, 1.165) is 12.1 Å². The zero-order valence-electron chi connectivity index (χ0n) is 11.1. The van der Waals surface area contributed by atoms with Crippen molar-refractivity contribution in [3.8, 4) is 5.75 Å². The van der Waals surface area contributed by atoms with Crippen LogP contribution in [0.15, 0.2) is 53.5 Å². The van der Waals surface area contributed by atoms with E-state index < -0.39 is 18.0 Å². The predicted octanol–water partition coefficient (Wildman–Crippen LogP) is 2.39. The van der Waals surface area contributed by atoms with E-state index in [0.29, 0.717) is 0 Å². The number of halogens is 3. The molecule has 0 unspecified atom stereocenters. The lowest BCUT2D eigenvalue weighted by molar-refractivity contribution is -0.274. The fourth-order valence-electron chi connectivity index (χ4n) is 1.72. The zero-order chi connectivity index (χ0) is 16.2. The Balaban J connectivity index is 2.04. The fourth-order valence-corrected chi connectivity index (χ4v) is 1.72. The molecule has 0 aliphatic heterocycles. The fraction of sp³-hybridized carbons (Fsp3) is 0.143. The van der Waals surface area contributed by atoms with Crippen molar-refractivity contribution >= 4 is 11.6 Å². The van der Waals surface area contributed by atoms with Crippen molar-refractivity contribution in [2.45, 2.75) is 12.9 Å². The third-order valence-electron chi connectivity index (χ3n) is 2.56. The first kappa shape index (κ1) is 15.6. The summed E-state index contributed by atoms with van der Waals surface area (Å²) in [7, 11) is 0. The molecule has 0 fully saturated rings. The lowest BCUT2D eigenvalue weighted by Gasteiger charge is -2.11. The molecule has 0 aliphatic rings. The number of hydrogen-bond acceptors (Lipinski definition) is 3. The molecule has 0 saturated carbocycles. The van der Waals surface area contributed by atoms with E-state index in [2.05, 4.69) is 10.1 Å². The summed E-state index contributed by atoms with van der Waals surface area (Å²) >= 11 is 0. The summed E-state index contributed by atoms with van der Waals surface area (Å²) in [4.78, 5) is 23.3. The van der Waals surface area contributed by atoms with Crippen LogP contribution in [0.1, 0.15) is 0 Å². The van der Waals surface area contributed by atoms with Crippen LogP contribution in [0.4, 0.5) is 18.9 Å². The van der Waals surface area contributed by atoms with Crippen molar-refractivity contribution in [3.05, 3.63) is 59.0 Å². The Morgan fingerprint density at radius 3 is 2.64 bits per heavy atom. The molecule has 0 saturated heterocycles. The molecule has 0 aliphatic carbocycles. The van der Waals surface area contributed by atoms with Crippen molar-refractivity contribution in [1.29, 1.82) is 0 Å². The highest BCUT2D eigenvalue weighted by atomic mass is 19.4. The van der Waals surface area contributed by atoms with Crippen LogP contribution in [0.2, 0.25) is 0 Å². The quantitative estimate of drug-likeness (QED) is 0.943. The van der Waals surface area contributed by atoms with Gasteiger partial charge in [-0.2, -0.15) is 0 Å². The lowest BCUT2D eigenvalue weighted by atomic mass is 10.3. The molecule has 5 nitrogen and oxygen atoms in total. The first-order valence-electron chi connectivity index (χ1n) is 6.15. The number of amides is 1. The van der Waals surface area contributed by atoms with Gasteiger partial charge in [0.25, 0.3) is 5.56 Å². The van der Waals surface area contributed by atoms with Gasteiger partial charge in [-0.25, -0.2) is 0 Å². The van der Waals surface area contributed by atoms with Crippen LogP contribution in [0.5, 0.6) is 5.75 Å². The normalized spacial score (nSPS) is 11.0. The van der Waals surface area contributed by atoms with Gasteiger partial charge in [-0.1, -0.05) is 12.1 Å². The second-order valence-corrected chi connectivity index (χ2v) is 4.29. The highest BCUT2D eigenvalue weighted by Gasteiger charge is 2.31. The number of carbonyl (C=O) groups excluding carboxylic acids is 1. The Kier molecular flexibility index (Phi) is 4.50. The van der Waals surface area contributed by atoms with E-state index in [1.807, 2.05) is 0 Å². The van der Waals surface area contributed by atoms with E-state index in [4.69, 9.17) is 0 Å². The average Bonchev–Trinajstić information content (AvgIpc) is 2.40. The van der Waals surface area contributed by atoms with Gasteiger partial charge in [0.1, 0.15) is 12.3 Å². The average molecular weight is 312 g/mol. The van der Waals surface area contributed by atoms with Crippen molar-refractivity contribution in [2.24, 2.45) is 0 Å². The van der Waals surface area contributed by atoms with Crippen LogP contribution in [0.25, 0.3) is 0 Å². The monoisotopic (exact) mass is 312 g/mol. The number of carbonyl (C=O) groups is 1. The number of anilines is 1. The smallest absolute Gasteiger partial charge is 0.406 e. The van der Waals surface area contributed by atoms with Gasteiger partial charge in [0, 0.05) is 24.0 Å². The molecule has 1 aromatic carbocycles. The molecule has 116 valence electrons. The van der Waals surface area contributed by atoms with Crippen LogP contribution in [-0.4, -0.2) is 16.8 Å². The molecule has 2 rings (SSSR count). The number of pyridine rings is 1. The first-order valence-corrected chi connectivity index (χ1v) is 6.15. The number of nitrogens with one attached hydrogen (secondary N) is 1. The predicted molar refractivity (Wildman–Crippen MR) is 72.5 cm³/mol. The lowest BCUT2D eigenvalue weighted by Crippen LogP contribution is -2.26. The Morgan fingerprint density at radius 1 is 1.18 bits per heavy atom. The van der Waals surface area contributed by atoms with Gasteiger partial charge in [-0.15, -0.1) is 13.2 Å². The molecule has 1 amide bonds. The number of ether oxygens (including phenoxy) is 1. The van der Waals surface area contributed by atoms with Crippen molar-refractivity contribution in [2.75, 3.05) is 5.32 Å². The van der Waals surface area contributed by atoms with E-state index in [-0.39, 0.29) is 17.8 Å². The highest BCUT2D eigenvalue weighted by Crippen LogP contribution is 2.24. The maximum Gasteiger partial charge on any atom is 0.573 e. The summed E-state index contributed by atoms with van der Waals surface area (Å²) in [6.07, 6.45) is -3.37. The van der Waals surface area contributed by atoms with E-state index in [9.17, 15) is 22.8 Å². The summed E-state index contributed by atoms with van der Waals surface area (Å²) < 4.78 is 41.3. The maximum absolute atomic E-state index is 12.1. The molecule has 2 aromatic rings. The second kappa shape index (κ2) is 6.33. The molecule has 0 bridgehead atoms. The molecule has 0 spiro atoms. The largest absolute Gasteiger partial charge is 0.573 e. The number of alkyl halides is 3. The van der Waals surface area contributed by atoms with Gasteiger partial charge >= 0.3 is 6.36 Å². The van der Waals surface area contributed by atoms with Crippen LogP contribution < -0.4 is 15.6 Å². The number of aromatic nitrogens is 1. The number of hydrogen-bond donors (Lipinski definition) is 1. The maximum atomic E-state index is 12.1. The molecule has 0 radical (unpaired) electrons. The zero-order valence-corrected chi connectivity index (χ0v) is 11.1. The van der Waals surface area contributed by atoms with Crippen LogP contribution in [-0.2, 0) is 11.3 Å². The molecular formula is C14H11F3N2O3. The molecule has 22 heavy (non-hydrogen) atoms. The van der Waals surface area contributed by atoms with Gasteiger partial charge in [0.2, 0.25) is 5.91 Å². The van der Waals surface area contributed by atoms with Gasteiger partial charge in [-0.05, 0) is 18.2 Å². The Labute approximate surface area is 122 Å². The minimum Gasteiger partial charge on any atom is -0.406 e. The summed E-state index contributed by atoms with van der Waals surface area (Å²) in [5.74, 6) is -0.986. The summed E-state index contributed by atoms with van der Waals surface area (Å²) in [5, 5.41) is 2.40. The molecule has 1 aromatic heterocycles. The standard InChI is InChI=1S/C14H11F3N2O3/c15-14(16,17)22-11-5-3-4-10(8-11)18-12(20)9-19-7-2-1-6-13(19)21/h1-8H,9H2,(H,18,20).